The molecule has 1 aliphatic rings. The molecule has 0 fully saturated rings. The SMILES string of the molecule is N#CC1=C(C#N)N(C#N)c2c(c3nc(C#N)c(C#N)nc3c3nc(C#N)cnc23)N1. The zero-order valence-electron chi connectivity index (χ0n) is 14.5. The van der Waals surface area contributed by atoms with Gasteiger partial charge < -0.3 is 5.32 Å². The van der Waals surface area contributed by atoms with Gasteiger partial charge in [0, 0.05) is 0 Å². The van der Waals surface area contributed by atoms with Gasteiger partial charge >= 0.3 is 0 Å². The molecule has 0 saturated carbocycles. The zero-order chi connectivity index (χ0) is 21.4. The number of fused-ring (bicyclic) bond motifs is 6. The molecular formula is C18H2N12. The number of nitrogens with zero attached hydrogens (tertiary/aromatic N) is 11. The van der Waals surface area contributed by atoms with Gasteiger partial charge in [0.1, 0.15) is 58.1 Å². The lowest BCUT2D eigenvalue weighted by atomic mass is 10.1. The Balaban J connectivity index is 2.30. The zero-order valence-corrected chi connectivity index (χ0v) is 14.5. The molecule has 30 heavy (non-hydrogen) atoms. The maximum absolute atomic E-state index is 9.69. The summed E-state index contributed by atoms with van der Waals surface area (Å²) < 4.78 is 0. The molecule has 3 aromatic rings. The molecule has 12 heteroatoms. The maximum Gasteiger partial charge on any atom is 0.190 e. The number of rotatable bonds is 0. The Morgan fingerprint density at radius 1 is 0.733 bits per heavy atom. The Morgan fingerprint density at radius 2 is 1.40 bits per heavy atom. The summed E-state index contributed by atoms with van der Waals surface area (Å²) in [5.41, 5.74) is -0.803. The lowest BCUT2D eigenvalue weighted by Crippen LogP contribution is -2.26. The molecule has 12 nitrogen and oxygen atoms in total. The van der Waals surface area contributed by atoms with Crippen molar-refractivity contribution in [2.75, 3.05) is 10.2 Å². The number of hydrogen-bond acceptors (Lipinski definition) is 12. The third kappa shape index (κ3) is 2.20. The van der Waals surface area contributed by atoms with E-state index in [-0.39, 0.29) is 61.9 Å². The van der Waals surface area contributed by atoms with Crippen molar-refractivity contribution in [3.63, 3.8) is 0 Å². The van der Waals surface area contributed by atoms with Gasteiger partial charge in [-0.1, -0.05) is 0 Å². The maximum atomic E-state index is 9.69. The average Bonchev–Trinajstić information content (AvgIpc) is 2.81. The van der Waals surface area contributed by atoms with E-state index in [9.17, 15) is 31.6 Å². The fraction of sp³-hybridized carbons (Fsp3) is 0. The minimum absolute atomic E-state index is 0.0161. The van der Waals surface area contributed by atoms with Crippen LogP contribution in [0.2, 0.25) is 0 Å². The van der Waals surface area contributed by atoms with E-state index in [1.54, 1.807) is 24.3 Å². The van der Waals surface area contributed by atoms with Crippen LogP contribution in [0, 0.1) is 68.1 Å². The molecular weight excluding hydrogens is 384 g/mol. The Kier molecular flexibility index (Phi) is 3.76. The number of benzene rings is 1. The predicted molar refractivity (Wildman–Crippen MR) is 96.7 cm³/mol. The summed E-state index contributed by atoms with van der Waals surface area (Å²) in [6.07, 6.45) is 2.99. The van der Waals surface area contributed by atoms with Crippen molar-refractivity contribution in [3.8, 4) is 36.5 Å². The van der Waals surface area contributed by atoms with Crippen LogP contribution in [0.5, 0.6) is 0 Å². The Labute approximate surface area is 167 Å². The van der Waals surface area contributed by atoms with E-state index in [4.69, 9.17) is 0 Å². The van der Waals surface area contributed by atoms with Gasteiger partial charge in [-0.3, -0.25) is 0 Å². The Hall–Kier alpha value is -5.82. The Morgan fingerprint density at radius 3 is 1.97 bits per heavy atom. The van der Waals surface area contributed by atoms with Gasteiger partial charge in [0.05, 0.1) is 11.9 Å². The number of allylic oxidation sites excluding steroid dienone is 2. The third-order valence-electron chi connectivity index (χ3n) is 4.17. The molecule has 0 radical (unpaired) electrons. The monoisotopic (exact) mass is 386 g/mol. The fourth-order valence-electron chi connectivity index (χ4n) is 2.97. The first kappa shape index (κ1) is 17.6. The van der Waals surface area contributed by atoms with Crippen molar-refractivity contribution in [1.29, 1.82) is 31.6 Å². The lowest BCUT2D eigenvalue weighted by Gasteiger charge is -2.26. The van der Waals surface area contributed by atoms with Crippen LogP contribution in [0.1, 0.15) is 17.1 Å². The molecule has 0 atom stereocenters. The van der Waals surface area contributed by atoms with Crippen molar-refractivity contribution in [2.24, 2.45) is 0 Å². The van der Waals surface area contributed by atoms with Crippen LogP contribution in [0.4, 0.5) is 11.4 Å². The van der Waals surface area contributed by atoms with Crippen LogP contribution in [0.25, 0.3) is 22.1 Å². The van der Waals surface area contributed by atoms with E-state index in [0.29, 0.717) is 0 Å². The molecule has 2 aromatic heterocycles. The standard InChI is InChI=1S/C18H2N12/c19-1-8-6-25-16-14(26-8)13-15(28-10(3-21)9(2-20)27-13)17-18(16)30(7-24)12(5-23)11(4-22)29-17/h6,29H. The number of anilines is 2. The van der Waals surface area contributed by atoms with E-state index in [1.807, 2.05) is 12.3 Å². The summed E-state index contributed by atoms with van der Waals surface area (Å²) in [5.74, 6) is 0. The molecule has 134 valence electrons. The topological polar surface area (TPSA) is 210 Å². The molecule has 0 amide bonds. The molecule has 1 aliphatic heterocycles. The first-order valence-electron chi connectivity index (χ1n) is 7.87. The number of nitriles is 6. The first-order chi connectivity index (χ1) is 14.6. The highest BCUT2D eigenvalue weighted by atomic mass is 15.2. The van der Waals surface area contributed by atoms with E-state index in [1.165, 1.54) is 6.20 Å². The van der Waals surface area contributed by atoms with Gasteiger partial charge in [-0.2, -0.15) is 31.6 Å². The van der Waals surface area contributed by atoms with Gasteiger partial charge in [-0.15, -0.1) is 0 Å². The summed E-state index contributed by atoms with van der Waals surface area (Å²) in [5, 5.41) is 59.1. The number of aromatic nitrogens is 4. The number of nitrogens with one attached hydrogen (secondary N) is 1. The highest BCUT2D eigenvalue weighted by Crippen LogP contribution is 2.44. The minimum atomic E-state index is -0.283. The van der Waals surface area contributed by atoms with Crippen molar-refractivity contribution >= 4 is 33.4 Å². The summed E-state index contributed by atoms with van der Waals surface area (Å²) in [4.78, 5) is 17.6. The third-order valence-corrected chi connectivity index (χ3v) is 4.17. The summed E-state index contributed by atoms with van der Waals surface area (Å²) in [7, 11) is 0. The highest BCUT2D eigenvalue weighted by molar-refractivity contribution is 6.17. The second-order valence-corrected chi connectivity index (χ2v) is 5.64. The van der Waals surface area contributed by atoms with Crippen LogP contribution < -0.4 is 10.2 Å². The Bertz CT molecular complexity index is 1590. The van der Waals surface area contributed by atoms with Crippen LogP contribution in [0.15, 0.2) is 17.6 Å². The van der Waals surface area contributed by atoms with Crippen LogP contribution in [-0.4, -0.2) is 19.9 Å². The van der Waals surface area contributed by atoms with Gasteiger partial charge in [0.2, 0.25) is 0 Å². The average molecular weight is 386 g/mol. The molecule has 1 N–H and O–H groups in total. The first-order valence-corrected chi connectivity index (χ1v) is 7.87. The molecule has 0 aliphatic carbocycles. The van der Waals surface area contributed by atoms with Crippen molar-refractivity contribution in [1.82, 2.24) is 19.9 Å². The van der Waals surface area contributed by atoms with Crippen molar-refractivity contribution in [2.45, 2.75) is 0 Å². The molecule has 4 rings (SSSR count). The van der Waals surface area contributed by atoms with Gasteiger partial charge in [-0.25, -0.2) is 24.8 Å². The largest absolute Gasteiger partial charge is 0.341 e. The molecule has 1 aromatic carbocycles. The smallest absolute Gasteiger partial charge is 0.190 e. The minimum Gasteiger partial charge on any atom is -0.341 e. The van der Waals surface area contributed by atoms with Crippen molar-refractivity contribution < 1.29 is 0 Å². The van der Waals surface area contributed by atoms with Crippen LogP contribution in [-0.2, 0) is 0 Å². The molecule has 0 spiro atoms. The normalized spacial score (nSPS) is 11.9. The van der Waals surface area contributed by atoms with E-state index in [2.05, 4.69) is 25.3 Å². The second kappa shape index (κ2) is 6.41. The van der Waals surface area contributed by atoms with Crippen molar-refractivity contribution in [3.05, 3.63) is 34.7 Å². The van der Waals surface area contributed by atoms with E-state index >= 15 is 0 Å². The molecule has 0 bridgehead atoms. The van der Waals surface area contributed by atoms with E-state index in [0.717, 1.165) is 4.90 Å². The van der Waals surface area contributed by atoms with Gasteiger partial charge in [0.15, 0.2) is 34.7 Å². The quantitative estimate of drug-likeness (QED) is 0.426. The summed E-state index contributed by atoms with van der Waals surface area (Å²) in [6, 6.07) is 8.97. The second-order valence-electron chi connectivity index (χ2n) is 5.64. The fourth-order valence-corrected chi connectivity index (χ4v) is 2.97. The van der Waals surface area contributed by atoms with Crippen LogP contribution >= 0.6 is 0 Å². The van der Waals surface area contributed by atoms with Gasteiger partial charge in [0.25, 0.3) is 0 Å². The summed E-state index contributed by atoms with van der Waals surface area (Å²) in [6.45, 7) is 0. The molecule has 3 heterocycles. The number of hydrogen-bond donors (Lipinski definition) is 1. The molecule has 0 saturated heterocycles. The lowest BCUT2D eigenvalue weighted by molar-refractivity contribution is 1.13. The predicted octanol–water partition coefficient (Wildman–Crippen LogP) is 1.16. The molecule has 0 unspecified atom stereocenters. The van der Waals surface area contributed by atoms with Gasteiger partial charge in [-0.05, 0) is 0 Å². The van der Waals surface area contributed by atoms with E-state index < -0.39 is 0 Å². The highest BCUT2D eigenvalue weighted by Gasteiger charge is 2.32. The summed E-state index contributed by atoms with van der Waals surface area (Å²) >= 11 is 0. The van der Waals surface area contributed by atoms with Crippen LogP contribution in [0.3, 0.4) is 0 Å².